The highest BCUT2D eigenvalue weighted by Gasteiger charge is 2.43. The molecular weight excluding hydrogens is 552 g/mol. The number of hydrogen-bond donors (Lipinski definition) is 2. The molecular formula is C23H25F6N7O4. The number of halogens is 6. The SMILES string of the molecule is C[C@@H](COCCC(=O)N1CCN2c3ncc(C(F)(F)F)cc3N(C)C(=O)[C@H]2C1)Nc1cn[nH]c(=O)c1C(F)(F)F. The van der Waals surface area contributed by atoms with E-state index in [4.69, 9.17) is 4.74 Å². The molecule has 40 heavy (non-hydrogen) atoms. The van der Waals surface area contributed by atoms with Crippen molar-refractivity contribution in [3.05, 3.63) is 39.9 Å². The summed E-state index contributed by atoms with van der Waals surface area (Å²) in [7, 11) is 1.35. The average molecular weight is 577 g/mol. The molecule has 17 heteroatoms. The fraction of sp³-hybridized carbons (Fsp3) is 0.522. The lowest BCUT2D eigenvalue weighted by molar-refractivity contribution is -0.138. The summed E-state index contributed by atoms with van der Waals surface area (Å²) in [5, 5.41) is 7.65. The van der Waals surface area contributed by atoms with Crippen LogP contribution in [0.3, 0.4) is 0 Å². The van der Waals surface area contributed by atoms with Crippen LogP contribution in [0, 0.1) is 0 Å². The number of carbonyl (C=O) groups is 2. The van der Waals surface area contributed by atoms with Gasteiger partial charge in [-0.3, -0.25) is 14.4 Å². The lowest BCUT2D eigenvalue weighted by Crippen LogP contribution is -2.63. The van der Waals surface area contributed by atoms with Crippen molar-refractivity contribution in [2.45, 2.75) is 37.8 Å². The molecule has 2 amide bonds. The molecule has 4 heterocycles. The van der Waals surface area contributed by atoms with Crippen molar-refractivity contribution in [1.29, 1.82) is 0 Å². The molecule has 0 bridgehead atoms. The lowest BCUT2D eigenvalue weighted by Gasteiger charge is -2.46. The van der Waals surface area contributed by atoms with Gasteiger partial charge in [0.15, 0.2) is 5.82 Å². The molecule has 0 aromatic carbocycles. The predicted octanol–water partition coefficient (Wildman–Crippen LogP) is 2.10. The van der Waals surface area contributed by atoms with Crippen LogP contribution in [0.5, 0.6) is 0 Å². The molecule has 2 N–H and O–H groups in total. The Morgan fingerprint density at radius 3 is 2.58 bits per heavy atom. The normalized spacial score (nSPS) is 18.4. The summed E-state index contributed by atoms with van der Waals surface area (Å²) in [6, 6.07) is -0.614. The standard InChI is InChI=1S/C23H25F6N7O4/c1-12(32-14-9-31-33-20(38)18(14)23(27,28)29)11-40-6-3-17(37)35-4-5-36-16(10-35)21(39)34(2)15-7-13(22(24,25)26)8-30-19(15)36/h7-9,12,16H,3-6,10-11H2,1-2H3,(H2,32,33,38)/t12-,16+/m0/s1. The zero-order valence-electron chi connectivity index (χ0n) is 21.3. The number of hydrogen-bond acceptors (Lipinski definition) is 8. The smallest absolute Gasteiger partial charge is 0.379 e. The number of fused-ring (bicyclic) bond motifs is 3. The number of anilines is 3. The molecule has 2 aliphatic heterocycles. The first-order valence-corrected chi connectivity index (χ1v) is 12.1. The largest absolute Gasteiger partial charge is 0.423 e. The first-order valence-electron chi connectivity index (χ1n) is 12.1. The Bertz CT molecular complexity index is 1330. The number of H-pyrrole nitrogens is 1. The molecule has 2 atom stereocenters. The zero-order valence-corrected chi connectivity index (χ0v) is 21.3. The van der Waals surface area contributed by atoms with Crippen molar-refractivity contribution in [2.75, 3.05) is 55.0 Å². The Labute approximate surface area is 223 Å². The zero-order chi connectivity index (χ0) is 29.4. The van der Waals surface area contributed by atoms with E-state index in [9.17, 15) is 40.7 Å². The highest BCUT2D eigenvalue weighted by molar-refractivity contribution is 6.05. The number of likely N-dealkylation sites (N-methyl/N-ethyl adjacent to an activating group) is 1. The van der Waals surface area contributed by atoms with Crippen LogP contribution in [-0.2, 0) is 26.7 Å². The Balaban J connectivity index is 1.30. The van der Waals surface area contributed by atoms with Crippen LogP contribution in [0.15, 0.2) is 23.3 Å². The number of nitrogens with one attached hydrogen (secondary N) is 2. The van der Waals surface area contributed by atoms with Crippen molar-refractivity contribution in [3.8, 4) is 0 Å². The van der Waals surface area contributed by atoms with E-state index in [-0.39, 0.29) is 56.7 Å². The average Bonchev–Trinajstić information content (AvgIpc) is 2.87. The minimum Gasteiger partial charge on any atom is -0.379 e. The van der Waals surface area contributed by atoms with E-state index >= 15 is 0 Å². The van der Waals surface area contributed by atoms with Gasteiger partial charge in [-0.05, 0) is 13.0 Å². The van der Waals surface area contributed by atoms with Gasteiger partial charge in [0.2, 0.25) is 5.91 Å². The van der Waals surface area contributed by atoms with E-state index in [1.807, 2.05) is 0 Å². The van der Waals surface area contributed by atoms with Crippen molar-refractivity contribution in [3.63, 3.8) is 0 Å². The summed E-state index contributed by atoms with van der Waals surface area (Å²) in [4.78, 5) is 45.4. The molecule has 218 valence electrons. The Kier molecular flexibility index (Phi) is 7.96. The van der Waals surface area contributed by atoms with Crippen molar-refractivity contribution >= 4 is 29.0 Å². The maximum Gasteiger partial charge on any atom is 0.423 e. The quantitative estimate of drug-likeness (QED) is 0.379. The highest BCUT2D eigenvalue weighted by atomic mass is 19.4. The van der Waals surface area contributed by atoms with Gasteiger partial charge >= 0.3 is 12.4 Å². The van der Waals surface area contributed by atoms with Gasteiger partial charge in [0.25, 0.3) is 11.5 Å². The van der Waals surface area contributed by atoms with Gasteiger partial charge in [-0.1, -0.05) is 0 Å². The molecule has 11 nitrogen and oxygen atoms in total. The summed E-state index contributed by atoms with van der Waals surface area (Å²) in [5.41, 5.74) is -4.24. The molecule has 2 aromatic rings. The summed E-state index contributed by atoms with van der Waals surface area (Å²) in [6.45, 7) is 1.75. The van der Waals surface area contributed by atoms with Gasteiger partial charge in [-0.2, -0.15) is 31.4 Å². The van der Waals surface area contributed by atoms with Crippen LogP contribution in [0.1, 0.15) is 24.5 Å². The van der Waals surface area contributed by atoms with Crippen LogP contribution in [0.2, 0.25) is 0 Å². The summed E-state index contributed by atoms with van der Waals surface area (Å²) in [5.74, 6) is -0.587. The van der Waals surface area contributed by atoms with E-state index in [1.165, 1.54) is 18.9 Å². The minimum absolute atomic E-state index is 0.00210. The maximum atomic E-state index is 13.2. The molecule has 1 fully saturated rings. The Hall–Kier alpha value is -3.89. The highest BCUT2D eigenvalue weighted by Crippen LogP contribution is 2.39. The molecule has 2 aromatic heterocycles. The minimum atomic E-state index is -4.89. The summed E-state index contributed by atoms with van der Waals surface area (Å²) < 4.78 is 84.4. The number of rotatable bonds is 7. The molecule has 0 unspecified atom stereocenters. The number of aromatic nitrogens is 3. The topological polar surface area (TPSA) is 124 Å². The number of aromatic amines is 1. The van der Waals surface area contributed by atoms with E-state index in [1.54, 1.807) is 10.00 Å². The fourth-order valence-electron chi connectivity index (χ4n) is 4.56. The first-order chi connectivity index (χ1) is 18.7. The molecule has 0 aliphatic carbocycles. The third kappa shape index (κ3) is 5.97. The van der Waals surface area contributed by atoms with Gasteiger partial charge in [0, 0.05) is 32.4 Å². The number of carbonyl (C=O) groups excluding carboxylic acids is 2. The van der Waals surface area contributed by atoms with Crippen LogP contribution >= 0.6 is 0 Å². The van der Waals surface area contributed by atoms with Crippen molar-refractivity contribution < 1.29 is 40.7 Å². The number of pyridine rings is 1. The van der Waals surface area contributed by atoms with Gasteiger partial charge in [0.05, 0.1) is 49.3 Å². The van der Waals surface area contributed by atoms with Crippen molar-refractivity contribution in [1.82, 2.24) is 20.1 Å². The second-order valence-electron chi connectivity index (χ2n) is 9.37. The number of amides is 2. The van der Waals surface area contributed by atoms with Gasteiger partial charge < -0.3 is 24.8 Å². The second kappa shape index (κ2) is 10.9. The van der Waals surface area contributed by atoms with E-state index in [2.05, 4.69) is 15.4 Å². The van der Waals surface area contributed by atoms with E-state index < -0.39 is 52.7 Å². The number of alkyl halides is 6. The summed E-state index contributed by atoms with van der Waals surface area (Å²) >= 11 is 0. The second-order valence-corrected chi connectivity index (χ2v) is 9.37. The molecule has 0 spiro atoms. The Morgan fingerprint density at radius 1 is 1.18 bits per heavy atom. The Morgan fingerprint density at radius 2 is 1.90 bits per heavy atom. The maximum absolute atomic E-state index is 13.2. The van der Waals surface area contributed by atoms with Crippen LogP contribution in [-0.4, -0.2) is 83.9 Å². The van der Waals surface area contributed by atoms with Gasteiger partial charge in [-0.15, -0.1) is 0 Å². The summed E-state index contributed by atoms with van der Waals surface area (Å²) in [6.07, 6.45) is -8.03. The van der Waals surface area contributed by atoms with E-state index in [0.29, 0.717) is 6.20 Å². The van der Waals surface area contributed by atoms with Crippen LogP contribution < -0.4 is 20.7 Å². The molecule has 0 radical (unpaired) electrons. The van der Waals surface area contributed by atoms with Gasteiger partial charge in [-0.25, -0.2) is 10.1 Å². The molecule has 0 saturated carbocycles. The van der Waals surface area contributed by atoms with Crippen LogP contribution in [0.25, 0.3) is 0 Å². The number of ether oxygens (including phenoxy) is 1. The first kappa shape index (κ1) is 29.1. The lowest BCUT2D eigenvalue weighted by atomic mass is 10.0. The monoisotopic (exact) mass is 577 g/mol. The van der Waals surface area contributed by atoms with Crippen LogP contribution in [0.4, 0.5) is 43.5 Å². The third-order valence-electron chi connectivity index (χ3n) is 6.53. The number of nitrogens with zero attached hydrogens (tertiary/aromatic N) is 5. The molecule has 2 aliphatic rings. The number of piperazine rings is 1. The van der Waals surface area contributed by atoms with Crippen molar-refractivity contribution in [2.24, 2.45) is 0 Å². The van der Waals surface area contributed by atoms with Gasteiger partial charge in [0.1, 0.15) is 11.6 Å². The van der Waals surface area contributed by atoms with E-state index in [0.717, 1.165) is 17.2 Å². The molecule has 4 rings (SSSR count). The predicted molar refractivity (Wildman–Crippen MR) is 129 cm³/mol. The fourth-order valence-corrected chi connectivity index (χ4v) is 4.56. The molecule has 1 saturated heterocycles. The third-order valence-corrected chi connectivity index (χ3v) is 6.53.